The molecule has 0 amide bonds. The van der Waals surface area contributed by atoms with Crippen LogP contribution in [0.25, 0.3) is 11.1 Å². The first-order valence-electron chi connectivity index (χ1n) is 11.5. The smallest absolute Gasteiger partial charge is 0.0593 e. The van der Waals surface area contributed by atoms with Gasteiger partial charge in [-0.05, 0) is 73.9 Å². The summed E-state index contributed by atoms with van der Waals surface area (Å²) in [4.78, 5) is 5.32. The highest BCUT2D eigenvalue weighted by atomic mass is 16.3. The molecular weight excluding hydrogens is 356 g/mol. The summed E-state index contributed by atoms with van der Waals surface area (Å²) in [5.41, 5.74) is 5.32. The Bertz CT molecular complexity index is 829. The van der Waals surface area contributed by atoms with Crippen LogP contribution < -0.4 is 0 Å². The van der Waals surface area contributed by atoms with Gasteiger partial charge >= 0.3 is 0 Å². The fourth-order valence-electron chi connectivity index (χ4n) is 5.62. The molecule has 1 N–H and O–H groups in total. The first-order valence-corrected chi connectivity index (χ1v) is 11.5. The third-order valence-electron chi connectivity index (χ3n) is 7.42. The van der Waals surface area contributed by atoms with Gasteiger partial charge in [-0.3, -0.25) is 4.90 Å². The molecule has 2 aliphatic heterocycles. The molecule has 0 bridgehead atoms. The Labute approximate surface area is 175 Å². The Hall–Kier alpha value is -1.68. The van der Waals surface area contributed by atoms with Crippen molar-refractivity contribution < 1.29 is 5.11 Å². The van der Waals surface area contributed by atoms with Gasteiger partial charge in [0.25, 0.3) is 0 Å². The van der Waals surface area contributed by atoms with Crippen LogP contribution >= 0.6 is 0 Å². The zero-order chi connectivity index (χ0) is 19.8. The molecule has 3 atom stereocenters. The van der Waals surface area contributed by atoms with Crippen molar-refractivity contribution in [2.75, 3.05) is 32.8 Å². The highest BCUT2D eigenvalue weighted by molar-refractivity contribution is 5.67. The van der Waals surface area contributed by atoms with Gasteiger partial charge in [0.15, 0.2) is 0 Å². The van der Waals surface area contributed by atoms with E-state index in [1.807, 2.05) is 0 Å². The maximum absolute atomic E-state index is 10.2. The van der Waals surface area contributed by atoms with Crippen molar-refractivity contribution in [3.63, 3.8) is 0 Å². The van der Waals surface area contributed by atoms with Crippen LogP contribution in [0, 0.1) is 12.8 Å². The quantitative estimate of drug-likeness (QED) is 0.825. The third-order valence-corrected chi connectivity index (χ3v) is 7.42. The Balaban J connectivity index is 1.37. The van der Waals surface area contributed by atoms with Crippen molar-refractivity contribution in [1.29, 1.82) is 0 Å². The fourth-order valence-corrected chi connectivity index (χ4v) is 5.62. The monoisotopic (exact) mass is 390 g/mol. The SMILES string of the molecule is Cc1ccccc1-c1ccc([C@@H]2[C@H](CO)N3CCCCN(CC4CC4)C[C@@H]23)cc1. The lowest BCUT2D eigenvalue weighted by molar-refractivity contribution is -0.0649. The van der Waals surface area contributed by atoms with Crippen LogP contribution in [-0.4, -0.2) is 59.8 Å². The largest absolute Gasteiger partial charge is 0.395 e. The van der Waals surface area contributed by atoms with Gasteiger partial charge in [0.2, 0.25) is 0 Å². The molecule has 3 nitrogen and oxygen atoms in total. The van der Waals surface area contributed by atoms with Crippen molar-refractivity contribution in [1.82, 2.24) is 9.80 Å². The summed E-state index contributed by atoms with van der Waals surface area (Å²) in [5, 5.41) is 10.2. The third kappa shape index (κ3) is 3.88. The first-order chi connectivity index (χ1) is 14.2. The van der Waals surface area contributed by atoms with Crippen molar-refractivity contribution >= 4 is 0 Å². The maximum atomic E-state index is 10.2. The zero-order valence-corrected chi connectivity index (χ0v) is 17.6. The van der Waals surface area contributed by atoms with E-state index in [0.29, 0.717) is 12.0 Å². The summed E-state index contributed by atoms with van der Waals surface area (Å²) >= 11 is 0. The highest BCUT2D eigenvalue weighted by Gasteiger charge is 2.49. The number of fused-ring (bicyclic) bond motifs is 1. The van der Waals surface area contributed by atoms with Crippen molar-refractivity contribution in [2.24, 2.45) is 5.92 Å². The average Bonchev–Trinajstić information content (AvgIpc) is 3.54. The normalized spacial score (nSPS) is 28.3. The topological polar surface area (TPSA) is 26.7 Å². The molecule has 1 saturated carbocycles. The molecule has 0 spiro atoms. The van der Waals surface area contributed by atoms with E-state index >= 15 is 0 Å². The number of hydrogen-bond acceptors (Lipinski definition) is 3. The number of aryl methyl sites for hydroxylation is 1. The molecule has 2 aromatic carbocycles. The number of hydrogen-bond donors (Lipinski definition) is 1. The molecule has 2 aromatic rings. The number of aliphatic hydroxyl groups is 1. The molecule has 0 aromatic heterocycles. The van der Waals surface area contributed by atoms with E-state index in [0.717, 1.165) is 19.0 Å². The second kappa shape index (κ2) is 8.22. The lowest BCUT2D eigenvalue weighted by Gasteiger charge is -2.57. The van der Waals surface area contributed by atoms with E-state index in [-0.39, 0.29) is 12.6 Å². The van der Waals surface area contributed by atoms with Gasteiger partial charge in [-0.15, -0.1) is 0 Å². The van der Waals surface area contributed by atoms with Crippen LogP contribution in [0.1, 0.15) is 42.7 Å². The van der Waals surface area contributed by atoms with Gasteiger partial charge in [0.05, 0.1) is 6.61 Å². The zero-order valence-electron chi connectivity index (χ0n) is 17.6. The van der Waals surface area contributed by atoms with E-state index in [9.17, 15) is 5.11 Å². The molecule has 3 aliphatic rings. The molecule has 0 unspecified atom stereocenters. The molecule has 154 valence electrons. The Kier molecular flexibility index (Phi) is 5.47. The molecule has 0 radical (unpaired) electrons. The summed E-state index contributed by atoms with van der Waals surface area (Å²) in [6.45, 7) is 7.29. The summed E-state index contributed by atoms with van der Waals surface area (Å²) in [6.07, 6.45) is 5.40. The van der Waals surface area contributed by atoms with Crippen molar-refractivity contribution in [3.8, 4) is 11.1 Å². The molecule has 5 rings (SSSR count). The molecule has 3 fully saturated rings. The lowest BCUT2D eigenvalue weighted by atomic mass is 9.74. The van der Waals surface area contributed by atoms with E-state index in [1.165, 1.54) is 61.0 Å². The summed E-state index contributed by atoms with van der Waals surface area (Å²) in [5.74, 6) is 1.40. The van der Waals surface area contributed by atoms with Crippen LogP contribution in [0.3, 0.4) is 0 Å². The van der Waals surface area contributed by atoms with Gasteiger partial charge < -0.3 is 10.0 Å². The van der Waals surface area contributed by atoms with Crippen LogP contribution in [0.5, 0.6) is 0 Å². The molecular formula is C26H34N2O. The summed E-state index contributed by atoms with van der Waals surface area (Å²) < 4.78 is 0. The van der Waals surface area contributed by atoms with E-state index in [4.69, 9.17) is 0 Å². The predicted molar refractivity (Wildman–Crippen MR) is 119 cm³/mol. The van der Waals surface area contributed by atoms with Crippen LogP contribution in [-0.2, 0) is 0 Å². The van der Waals surface area contributed by atoms with Crippen LogP contribution in [0.2, 0.25) is 0 Å². The van der Waals surface area contributed by atoms with Gasteiger partial charge in [-0.1, -0.05) is 48.5 Å². The standard InChI is InChI=1S/C26H34N2O/c1-19-6-2-3-7-23(19)21-10-12-22(13-11-21)26-24-17-27(16-20-8-9-20)14-4-5-15-28(24)25(26)18-29/h2-3,6-7,10-13,20,24-26,29H,4-5,8-9,14-18H2,1H3/t24-,25-,26-/m0/s1. The Morgan fingerprint density at radius 1 is 0.966 bits per heavy atom. The number of nitrogens with zero attached hydrogens (tertiary/aromatic N) is 2. The van der Waals surface area contributed by atoms with E-state index in [2.05, 4.69) is 65.3 Å². The average molecular weight is 391 g/mol. The summed E-state index contributed by atoms with van der Waals surface area (Å²) in [7, 11) is 0. The Morgan fingerprint density at radius 2 is 1.72 bits per heavy atom. The van der Waals surface area contributed by atoms with Crippen molar-refractivity contribution in [3.05, 3.63) is 59.7 Å². The highest BCUT2D eigenvalue weighted by Crippen LogP contribution is 2.43. The van der Waals surface area contributed by atoms with E-state index in [1.54, 1.807) is 0 Å². The molecule has 1 aliphatic carbocycles. The maximum Gasteiger partial charge on any atom is 0.0593 e. The van der Waals surface area contributed by atoms with Gasteiger partial charge in [0, 0.05) is 31.1 Å². The Morgan fingerprint density at radius 3 is 2.45 bits per heavy atom. The molecule has 2 heterocycles. The number of benzene rings is 2. The molecule has 2 saturated heterocycles. The minimum Gasteiger partial charge on any atom is -0.395 e. The lowest BCUT2D eigenvalue weighted by Crippen LogP contribution is -2.67. The second-order valence-corrected chi connectivity index (χ2v) is 9.43. The fraction of sp³-hybridized carbons (Fsp3) is 0.538. The first kappa shape index (κ1) is 19.3. The van der Waals surface area contributed by atoms with Gasteiger partial charge in [-0.25, -0.2) is 0 Å². The minimum absolute atomic E-state index is 0.267. The van der Waals surface area contributed by atoms with Gasteiger partial charge in [0.1, 0.15) is 0 Å². The number of aliphatic hydroxyl groups excluding tert-OH is 1. The number of rotatable bonds is 5. The van der Waals surface area contributed by atoms with Crippen molar-refractivity contribution in [2.45, 2.75) is 50.6 Å². The van der Waals surface area contributed by atoms with Crippen LogP contribution in [0.4, 0.5) is 0 Å². The predicted octanol–water partition coefficient (Wildman–Crippen LogP) is 4.30. The van der Waals surface area contributed by atoms with Crippen LogP contribution in [0.15, 0.2) is 48.5 Å². The summed E-state index contributed by atoms with van der Waals surface area (Å²) in [6, 6.07) is 18.6. The molecule has 29 heavy (non-hydrogen) atoms. The van der Waals surface area contributed by atoms with Gasteiger partial charge in [-0.2, -0.15) is 0 Å². The molecule has 3 heteroatoms. The minimum atomic E-state index is 0.267. The van der Waals surface area contributed by atoms with E-state index < -0.39 is 0 Å². The second-order valence-electron chi connectivity index (χ2n) is 9.43.